The molecule has 0 unspecified atom stereocenters. The second-order valence-electron chi connectivity index (χ2n) is 7.59. The lowest BCUT2D eigenvalue weighted by Gasteiger charge is -2.34. The molecule has 3 aliphatic rings. The van der Waals surface area contributed by atoms with Gasteiger partial charge in [-0.15, -0.1) is 0 Å². The zero-order valence-corrected chi connectivity index (χ0v) is 12.7. The molecule has 2 amide bonds. The van der Waals surface area contributed by atoms with Gasteiger partial charge in [0, 0.05) is 30.5 Å². The molecule has 3 fully saturated rings. The summed E-state index contributed by atoms with van der Waals surface area (Å²) in [5.41, 5.74) is -0.154. The van der Waals surface area contributed by atoms with E-state index in [0.29, 0.717) is 11.8 Å². The van der Waals surface area contributed by atoms with Gasteiger partial charge in [0.2, 0.25) is 11.8 Å². The number of amides is 2. The van der Waals surface area contributed by atoms with Crippen LogP contribution in [-0.4, -0.2) is 36.3 Å². The Bertz CT molecular complexity index is 424. The van der Waals surface area contributed by atoms with E-state index >= 15 is 0 Å². The standard InChI is InChI=1S/C16H26N2O2/c1-15(5-6-15)13(19)17-10-12-4-3-9-18(11-12)14(20)16(2)7-8-16/h12H,3-11H2,1-2H3,(H,17,19)/t12-/m0/s1. The van der Waals surface area contributed by atoms with E-state index in [1.54, 1.807) is 0 Å². The molecule has 0 aromatic heterocycles. The van der Waals surface area contributed by atoms with Crippen LogP contribution in [0.3, 0.4) is 0 Å². The highest BCUT2D eigenvalue weighted by atomic mass is 16.2. The summed E-state index contributed by atoms with van der Waals surface area (Å²) in [5, 5.41) is 3.09. The van der Waals surface area contributed by atoms with Crippen molar-refractivity contribution in [2.75, 3.05) is 19.6 Å². The second kappa shape index (κ2) is 4.74. The van der Waals surface area contributed by atoms with Crippen molar-refractivity contribution in [2.45, 2.75) is 52.4 Å². The van der Waals surface area contributed by atoms with E-state index in [-0.39, 0.29) is 16.7 Å². The summed E-state index contributed by atoms with van der Waals surface area (Å²) in [6.07, 6.45) is 6.32. The number of piperidine rings is 1. The minimum absolute atomic E-state index is 0.0629. The van der Waals surface area contributed by atoms with Crippen molar-refractivity contribution in [3.63, 3.8) is 0 Å². The summed E-state index contributed by atoms with van der Waals surface area (Å²) in [6.45, 7) is 6.57. The predicted octanol–water partition coefficient (Wildman–Crippen LogP) is 1.94. The van der Waals surface area contributed by atoms with Crippen LogP contribution >= 0.6 is 0 Å². The molecule has 2 aliphatic carbocycles. The molecule has 4 nitrogen and oxygen atoms in total. The number of nitrogens with one attached hydrogen (secondary N) is 1. The summed E-state index contributed by atoms with van der Waals surface area (Å²) < 4.78 is 0. The fourth-order valence-electron chi connectivity index (χ4n) is 3.06. The monoisotopic (exact) mass is 278 g/mol. The molecular formula is C16H26N2O2. The third-order valence-corrected chi connectivity index (χ3v) is 5.42. The molecule has 112 valence electrons. The highest BCUT2D eigenvalue weighted by Crippen LogP contribution is 2.47. The van der Waals surface area contributed by atoms with Crippen LogP contribution < -0.4 is 5.32 Å². The van der Waals surface area contributed by atoms with Crippen LogP contribution in [0.25, 0.3) is 0 Å². The normalized spacial score (nSPS) is 29.7. The van der Waals surface area contributed by atoms with E-state index in [4.69, 9.17) is 0 Å². The molecule has 20 heavy (non-hydrogen) atoms. The Balaban J connectivity index is 1.48. The van der Waals surface area contributed by atoms with Crippen molar-refractivity contribution in [1.29, 1.82) is 0 Å². The largest absolute Gasteiger partial charge is 0.355 e. The van der Waals surface area contributed by atoms with Crippen molar-refractivity contribution < 1.29 is 9.59 Å². The Kier molecular flexibility index (Phi) is 3.30. The molecule has 3 rings (SSSR count). The maximum atomic E-state index is 12.4. The number of rotatable bonds is 4. The van der Waals surface area contributed by atoms with E-state index in [0.717, 1.165) is 58.2 Å². The first-order valence-corrected chi connectivity index (χ1v) is 8.01. The van der Waals surface area contributed by atoms with E-state index < -0.39 is 0 Å². The van der Waals surface area contributed by atoms with E-state index in [1.807, 2.05) is 11.8 Å². The van der Waals surface area contributed by atoms with Crippen LogP contribution in [0.5, 0.6) is 0 Å². The van der Waals surface area contributed by atoms with Gasteiger partial charge in [-0.1, -0.05) is 13.8 Å². The second-order valence-corrected chi connectivity index (χ2v) is 7.59. The van der Waals surface area contributed by atoms with Gasteiger partial charge in [0.1, 0.15) is 0 Å². The number of hydrogen-bond acceptors (Lipinski definition) is 2. The topological polar surface area (TPSA) is 49.4 Å². The van der Waals surface area contributed by atoms with Gasteiger partial charge in [0.15, 0.2) is 0 Å². The first-order chi connectivity index (χ1) is 9.43. The molecule has 1 atom stereocenters. The maximum absolute atomic E-state index is 12.4. The zero-order chi connectivity index (χ0) is 14.4. The first-order valence-electron chi connectivity index (χ1n) is 8.01. The lowest BCUT2D eigenvalue weighted by molar-refractivity contribution is -0.138. The fourth-order valence-corrected chi connectivity index (χ4v) is 3.06. The van der Waals surface area contributed by atoms with Gasteiger partial charge in [-0.25, -0.2) is 0 Å². The molecule has 0 radical (unpaired) electrons. The summed E-state index contributed by atoms with van der Waals surface area (Å²) in [5.74, 6) is 0.971. The SMILES string of the molecule is CC1(C(=O)NC[C@@H]2CCCN(C(=O)C3(C)CC3)C2)CC1. The number of likely N-dealkylation sites (tertiary alicyclic amines) is 1. The number of carbonyl (C=O) groups excluding carboxylic acids is 2. The van der Waals surface area contributed by atoms with Gasteiger partial charge in [-0.2, -0.15) is 0 Å². The fraction of sp³-hybridized carbons (Fsp3) is 0.875. The molecule has 1 saturated heterocycles. The Hall–Kier alpha value is -1.06. The van der Waals surface area contributed by atoms with E-state index in [2.05, 4.69) is 12.2 Å². The van der Waals surface area contributed by atoms with Crippen molar-refractivity contribution in [3.05, 3.63) is 0 Å². The maximum Gasteiger partial charge on any atom is 0.228 e. The molecule has 4 heteroatoms. The minimum atomic E-state index is -0.0916. The average Bonchev–Trinajstić information content (AvgIpc) is 3.36. The number of carbonyl (C=O) groups is 2. The van der Waals surface area contributed by atoms with Crippen molar-refractivity contribution in [2.24, 2.45) is 16.7 Å². The van der Waals surface area contributed by atoms with Crippen LogP contribution in [0.2, 0.25) is 0 Å². The van der Waals surface area contributed by atoms with Crippen molar-refractivity contribution in [3.8, 4) is 0 Å². The van der Waals surface area contributed by atoms with Crippen molar-refractivity contribution in [1.82, 2.24) is 10.2 Å². The molecular weight excluding hydrogens is 252 g/mol. The third kappa shape index (κ3) is 2.70. The van der Waals surface area contributed by atoms with E-state index in [9.17, 15) is 9.59 Å². The van der Waals surface area contributed by atoms with Gasteiger partial charge in [0.05, 0.1) is 0 Å². The lowest BCUT2D eigenvalue weighted by atomic mass is 9.95. The molecule has 0 spiro atoms. The van der Waals surface area contributed by atoms with Crippen molar-refractivity contribution >= 4 is 11.8 Å². The van der Waals surface area contributed by atoms with Gasteiger partial charge >= 0.3 is 0 Å². The summed E-state index contributed by atoms with van der Waals surface area (Å²) >= 11 is 0. The Morgan fingerprint density at radius 2 is 1.80 bits per heavy atom. The van der Waals surface area contributed by atoms with Crippen LogP contribution in [-0.2, 0) is 9.59 Å². The van der Waals surface area contributed by atoms with Crippen LogP contribution in [0.15, 0.2) is 0 Å². The van der Waals surface area contributed by atoms with Gasteiger partial charge in [-0.05, 0) is 44.4 Å². The Labute approximate surface area is 121 Å². The summed E-state index contributed by atoms with van der Waals surface area (Å²) in [4.78, 5) is 26.4. The predicted molar refractivity (Wildman–Crippen MR) is 77.0 cm³/mol. The third-order valence-electron chi connectivity index (χ3n) is 5.42. The van der Waals surface area contributed by atoms with E-state index in [1.165, 1.54) is 0 Å². The quantitative estimate of drug-likeness (QED) is 0.854. The van der Waals surface area contributed by atoms with Gasteiger partial charge < -0.3 is 10.2 Å². The molecule has 1 N–H and O–H groups in total. The highest BCUT2D eigenvalue weighted by molar-refractivity contribution is 5.85. The number of nitrogens with zero attached hydrogens (tertiary/aromatic N) is 1. The van der Waals surface area contributed by atoms with Crippen LogP contribution in [0, 0.1) is 16.7 Å². The molecule has 0 bridgehead atoms. The molecule has 1 heterocycles. The molecule has 2 saturated carbocycles. The zero-order valence-electron chi connectivity index (χ0n) is 12.7. The summed E-state index contributed by atoms with van der Waals surface area (Å²) in [6, 6.07) is 0. The number of hydrogen-bond donors (Lipinski definition) is 1. The van der Waals surface area contributed by atoms with Crippen LogP contribution in [0.1, 0.15) is 52.4 Å². The molecule has 0 aromatic carbocycles. The summed E-state index contributed by atoms with van der Waals surface area (Å²) in [7, 11) is 0. The lowest BCUT2D eigenvalue weighted by Crippen LogP contribution is -2.46. The highest BCUT2D eigenvalue weighted by Gasteiger charge is 2.48. The first kappa shape index (κ1) is 13.9. The molecule has 1 aliphatic heterocycles. The molecule has 0 aromatic rings. The average molecular weight is 278 g/mol. The Morgan fingerprint density at radius 3 is 2.40 bits per heavy atom. The minimum Gasteiger partial charge on any atom is -0.355 e. The van der Waals surface area contributed by atoms with Gasteiger partial charge in [-0.3, -0.25) is 9.59 Å². The smallest absolute Gasteiger partial charge is 0.228 e. The van der Waals surface area contributed by atoms with Crippen LogP contribution in [0.4, 0.5) is 0 Å². The Morgan fingerprint density at radius 1 is 1.15 bits per heavy atom. The van der Waals surface area contributed by atoms with Gasteiger partial charge in [0.25, 0.3) is 0 Å².